The third-order valence-corrected chi connectivity index (χ3v) is 1.07. The summed E-state index contributed by atoms with van der Waals surface area (Å²) in [6.45, 7) is 0.950. The number of rotatable bonds is 6. The average Bonchev–Trinajstić information content (AvgIpc) is 2.10. The van der Waals surface area contributed by atoms with Gasteiger partial charge in [-0.3, -0.25) is 0 Å². The molecular weight excluding hydrogens is 180 g/mol. The summed E-state index contributed by atoms with van der Waals surface area (Å²) < 4.78 is 13.9. The number of hydrogen-bond donors (Lipinski definition) is 1. The first-order chi connectivity index (χ1) is 6.18. The van der Waals surface area contributed by atoms with Gasteiger partial charge in [-0.2, -0.15) is 0 Å². The van der Waals surface area contributed by atoms with Gasteiger partial charge in [0.15, 0.2) is 0 Å². The SMILES string of the molecule is COCCOCCOC(=O)C(=O)O. The van der Waals surface area contributed by atoms with Crippen molar-refractivity contribution in [2.45, 2.75) is 0 Å². The van der Waals surface area contributed by atoms with E-state index in [2.05, 4.69) is 9.47 Å². The zero-order chi connectivity index (χ0) is 10.1. The molecule has 13 heavy (non-hydrogen) atoms. The molecule has 0 aliphatic carbocycles. The number of carbonyl (C=O) groups excluding carboxylic acids is 1. The predicted octanol–water partition coefficient (Wildman–Crippen LogP) is -0.723. The van der Waals surface area contributed by atoms with Gasteiger partial charge in [-0.05, 0) is 0 Å². The van der Waals surface area contributed by atoms with Crippen LogP contribution in [0.3, 0.4) is 0 Å². The first-order valence-electron chi connectivity index (χ1n) is 3.65. The van der Waals surface area contributed by atoms with Crippen LogP contribution in [0.1, 0.15) is 0 Å². The second kappa shape index (κ2) is 7.51. The Hall–Kier alpha value is -1.14. The summed E-state index contributed by atoms with van der Waals surface area (Å²) in [5, 5.41) is 8.09. The standard InChI is InChI=1S/C7H12O6/c1-11-2-3-12-4-5-13-7(10)6(8)9/h2-5H2,1H3,(H,8,9). The van der Waals surface area contributed by atoms with Crippen LogP contribution in [0.25, 0.3) is 0 Å². The van der Waals surface area contributed by atoms with Gasteiger partial charge in [0.2, 0.25) is 0 Å². The Kier molecular flexibility index (Phi) is 6.85. The molecule has 0 aromatic heterocycles. The maximum atomic E-state index is 10.3. The monoisotopic (exact) mass is 192 g/mol. The van der Waals surface area contributed by atoms with Gasteiger partial charge in [0.25, 0.3) is 0 Å². The molecule has 1 N–H and O–H groups in total. The van der Waals surface area contributed by atoms with E-state index in [1.165, 1.54) is 7.11 Å². The van der Waals surface area contributed by atoms with Gasteiger partial charge in [0.1, 0.15) is 6.61 Å². The number of hydrogen-bond acceptors (Lipinski definition) is 5. The molecule has 0 aromatic rings. The fourth-order valence-corrected chi connectivity index (χ4v) is 0.499. The summed E-state index contributed by atoms with van der Waals surface area (Å²) in [7, 11) is 1.54. The number of aliphatic carboxylic acids is 1. The van der Waals surface area contributed by atoms with Crippen LogP contribution < -0.4 is 0 Å². The molecule has 6 nitrogen and oxygen atoms in total. The van der Waals surface area contributed by atoms with Crippen molar-refractivity contribution in [2.75, 3.05) is 33.5 Å². The van der Waals surface area contributed by atoms with E-state index < -0.39 is 11.9 Å². The molecule has 0 aromatic carbocycles. The van der Waals surface area contributed by atoms with Gasteiger partial charge in [0.05, 0.1) is 19.8 Å². The summed E-state index contributed by atoms with van der Waals surface area (Å²) in [6, 6.07) is 0. The van der Waals surface area contributed by atoms with Crippen LogP contribution in [0.4, 0.5) is 0 Å². The Morgan fingerprint density at radius 1 is 1.15 bits per heavy atom. The van der Waals surface area contributed by atoms with E-state index in [9.17, 15) is 9.59 Å². The van der Waals surface area contributed by atoms with E-state index >= 15 is 0 Å². The van der Waals surface area contributed by atoms with Crippen molar-refractivity contribution in [2.24, 2.45) is 0 Å². The molecule has 0 unspecified atom stereocenters. The Labute approximate surface area is 75.4 Å². The smallest absolute Gasteiger partial charge is 0.417 e. The predicted molar refractivity (Wildman–Crippen MR) is 41.3 cm³/mol. The third kappa shape index (κ3) is 7.23. The van der Waals surface area contributed by atoms with Gasteiger partial charge < -0.3 is 19.3 Å². The van der Waals surface area contributed by atoms with E-state index in [0.717, 1.165) is 0 Å². The van der Waals surface area contributed by atoms with E-state index in [0.29, 0.717) is 13.2 Å². The van der Waals surface area contributed by atoms with E-state index in [-0.39, 0.29) is 13.2 Å². The molecule has 0 aliphatic rings. The molecule has 76 valence electrons. The van der Waals surface area contributed by atoms with Crippen LogP contribution in [-0.4, -0.2) is 50.6 Å². The average molecular weight is 192 g/mol. The molecule has 0 saturated carbocycles. The van der Waals surface area contributed by atoms with Crippen molar-refractivity contribution in [3.05, 3.63) is 0 Å². The summed E-state index contributed by atoms with van der Waals surface area (Å²) >= 11 is 0. The van der Waals surface area contributed by atoms with E-state index in [1.807, 2.05) is 0 Å². The first kappa shape index (κ1) is 11.9. The quantitative estimate of drug-likeness (QED) is 0.339. The van der Waals surface area contributed by atoms with Crippen molar-refractivity contribution in [1.29, 1.82) is 0 Å². The second-order valence-electron chi connectivity index (χ2n) is 2.05. The van der Waals surface area contributed by atoms with Crippen molar-refractivity contribution in [3.63, 3.8) is 0 Å². The molecule has 0 bridgehead atoms. The van der Waals surface area contributed by atoms with Gasteiger partial charge in [0, 0.05) is 7.11 Å². The minimum absolute atomic E-state index is 0.0607. The van der Waals surface area contributed by atoms with Gasteiger partial charge in [-0.25, -0.2) is 9.59 Å². The largest absolute Gasteiger partial charge is 0.473 e. The first-order valence-corrected chi connectivity index (χ1v) is 3.65. The highest BCUT2D eigenvalue weighted by Crippen LogP contribution is 1.81. The van der Waals surface area contributed by atoms with Crippen LogP contribution in [-0.2, 0) is 23.8 Å². The lowest BCUT2D eigenvalue weighted by atomic mass is 10.7. The number of esters is 1. The highest BCUT2D eigenvalue weighted by molar-refractivity contribution is 6.28. The summed E-state index contributed by atoms with van der Waals surface area (Å²) in [6.07, 6.45) is 0. The maximum absolute atomic E-state index is 10.3. The fraction of sp³-hybridized carbons (Fsp3) is 0.714. The normalized spacial score (nSPS) is 9.62. The number of carboxylic acid groups (broad SMARTS) is 1. The molecule has 6 heteroatoms. The second-order valence-corrected chi connectivity index (χ2v) is 2.05. The molecule has 0 aliphatic heterocycles. The van der Waals surface area contributed by atoms with Crippen LogP contribution in [0.2, 0.25) is 0 Å². The van der Waals surface area contributed by atoms with Crippen LogP contribution in [0.5, 0.6) is 0 Å². The molecule has 0 radical (unpaired) electrons. The lowest BCUT2D eigenvalue weighted by Crippen LogP contribution is -2.19. The van der Waals surface area contributed by atoms with Crippen molar-refractivity contribution in [1.82, 2.24) is 0 Å². The molecule has 0 spiro atoms. The van der Waals surface area contributed by atoms with E-state index in [1.54, 1.807) is 0 Å². The Morgan fingerprint density at radius 2 is 1.77 bits per heavy atom. The zero-order valence-corrected chi connectivity index (χ0v) is 7.32. The molecule has 0 heterocycles. The highest BCUT2D eigenvalue weighted by Gasteiger charge is 2.11. The number of carboxylic acids is 1. The summed E-state index contributed by atoms with van der Waals surface area (Å²) in [5.41, 5.74) is 0. The van der Waals surface area contributed by atoms with Crippen LogP contribution in [0.15, 0.2) is 0 Å². The Bertz CT molecular complexity index is 166. The molecule has 0 fully saturated rings. The zero-order valence-electron chi connectivity index (χ0n) is 7.32. The lowest BCUT2D eigenvalue weighted by molar-refractivity contribution is -0.164. The Morgan fingerprint density at radius 3 is 2.31 bits per heavy atom. The number of carbonyl (C=O) groups is 2. The minimum atomic E-state index is -1.60. The summed E-state index contributed by atoms with van der Waals surface area (Å²) in [4.78, 5) is 20.3. The molecular formula is C7H12O6. The third-order valence-electron chi connectivity index (χ3n) is 1.07. The Balaban J connectivity index is 3.16. The minimum Gasteiger partial charge on any atom is -0.473 e. The van der Waals surface area contributed by atoms with Crippen LogP contribution >= 0.6 is 0 Å². The van der Waals surface area contributed by atoms with Gasteiger partial charge >= 0.3 is 11.9 Å². The molecule has 0 saturated heterocycles. The van der Waals surface area contributed by atoms with Crippen LogP contribution in [0, 0.1) is 0 Å². The summed E-state index contributed by atoms with van der Waals surface area (Å²) in [5.74, 6) is -2.87. The van der Waals surface area contributed by atoms with Crippen molar-refractivity contribution in [3.8, 4) is 0 Å². The molecule has 0 rings (SSSR count). The fourth-order valence-electron chi connectivity index (χ4n) is 0.499. The van der Waals surface area contributed by atoms with Gasteiger partial charge in [-0.1, -0.05) is 0 Å². The number of ether oxygens (including phenoxy) is 3. The van der Waals surface area contributed by atoms with Gasteiger partial charge in [-0.15, -0.1) is 0 Å². The molecule has 0 atom stereocenters. The molecule has 0 amide bonds. The van der Waals surface area contributed by atoms with E-state index in [4.69, 9.17) is 9.84 Å². The topological polar surface area (TPSA) is 82.1 Å². The maximum Gasteiger partial charge on any atom is 0.417 e. The van der Waals surface area contributed by atoms with Crippen molar-refractivity contribution < 1.29 is 28.9 Å². The number of methoxy groups -OCH3 is 1. The highest BCUT2D eigenvalue weighted by atomic mass is 16.6. The lowest BCUT2D eigenvalue weighted by Gasteiger charge is -2.03. The van der Waals surface area contributed by atoms with Crippen molar-refractivity contribution >= 4 is 11.9 Å².